The number of nitrogens with zero attached hydrogens (tertiary/aromatic N) is 2. The molecule has 1 unspecified atom stereocenters. The number of benzene rings is 1. The number of hydrogen-bond donors (Lipinski definition) is 1. The van der Waals surface area contributed by atoms with Gasteiger partial charge in [0.05, 0.1) is 7.11 Å². The Morgan fingerprint density at radius 3 is 2.90 bits per heavy atom. The second-order valence-electron chi connectivity index (χ2n) is 5.24. The van der Waals surface area contributed by atoms with Crippen molar-refractivity contribution in [1.82, 2.24) is 15.5 Å². The number of hydrogen-bond acceptors (Lipinski definition) is 5. The third-order valence-corrected chi connectivity index (χ3v) is 3.93. The first-order valence-electron chi connectivity index (χ1n) is 6.93. The summed E-state index contributed by atoms with van der Waals surface area (Å²) in [6.45, 7) is 4.21. The van der Waals surface area contributed by atoms with Gasteiger partial charge >= 0.3 is 0 Å². The molecule has 1 atom stereocenters. The summed E-state index contributed by atoms with van der Waals surface area (Å²) in [5, 5.41) is 7.35. The van der Waals surface area contributed by atoms with E-state index in [-0.39, 0.29) is 0 Å². The van der Waals surface area contributed by atoms with Gasteiger partial charge in [0.25, 0.3) is 0 Å². The molecule has 20 heavy (non-hydrogen) atoms. The van der Waals surface area contributed by atoms with Crippen LogP contribution in [0.2, 0.25) is 0 Å². The smallest absolute Gasteiger partial charge is 0.229 e. The van der Waals surface area contributed by atoms with E-state index < -0.39 is 0 Å². The van der Waals surface area contributed by atoms with Crippen molar-refractivity contribution in [3.05, 3.63) is 41.5 Å². The van der Waals surface area contributed by atoms with Gasteiger partial charge in [-0.25, -0.2) is 0 Å². The summed E-state index contributed by atoms with van der Waals surface area (Å²) in [7, 11) is 1.67. The molecule has 5 nitrogen and oxygen atoms in total. The van der Waals surface area contributed by atoms with Crippen LogP contribution in [0.1, 0.15) is 30.1 Å². The third-order valence-electron chi connectivity index (χ3n) is 3.93. The van der Waals surface area contributed by atoms with Gasteiger partial charge in [-0.2, -0.15) is 4.98 Å². The molecule has 1 aromatic carbocycles. The molecule has 0 amide bonds. The van der Waals surface area contributed by atoms with Gasteiger partial charge in [0.15, 0.2) is 5.82 Å². The average Bonchev–Trinajstić information content (AvgIpc) is 2.86. The fourth-order valence-electron chi connectivity index (χ4n) is 2.41. The summed E-state index contributed by atoms with van der Waals surface area (Å²) >= 11 is 0. The molecule has 1 saturated heterocycles. The number of para-hydroxylation sites is 1. The Labute approximate surface area is 118 Å². The topological polar surface area (TPSA) is 60.2 Å². The minimum Gasteiger partial charge on any atom is -0.496 e. The lowest BCUT2D eigenvalue weighted by Crippen LogP contribution is -2.44. The lowest BCUT2D eigenvalue weighted by molar-refractivity contribution is 0.252. The molecule has 0 saturated carbocycles. The Kier molecular flexibility index (Phi) is 3.69. The van der Waals surface area contributed by atoms with Crippen molar-refractivity contribution in [3.63, 3.8) is 0 Å². The van der Waals surface area contributed by atoms with Gasteiger partial charge in [-0.05, 0) is 25.1 Å². The zero-order chi connectivity index (χ0) is 13.9. The molecule has 2 heterocycles. The van der Waals surface area contributed by atoms with Crippen LogP contribution < -0.4 is 10.1 Å². The minimum absolute atomic E-state index is 0.315. The predicted octanol–water partition coefficient (Wildman–Crippen LogP) is 1.99. The molecule has 0 radical (unpaired) electrons. The summed E-state index contributed by atoms with van der Waals surface area (Å²) in [6, 6.07) is 7.91. The van der Waals surface area contributed by atoms with E-state index in [0.29, 0.717) is 24.1 Å². The Hall–Kier alpha value is -1.88. The van der Waals surface area contributed by atoms with Gasteiger partial charge in [-0.3, -0.25) is 0 Å². The maximum absolute atomic E-state index is 5.40. The van der Waals surface area contributed by atoms with E-state index in [1.54, 1.807) is 7.11 Å². The molecule has 1 aliphatic heterocycles. The van der Waals surface area contributed by atoms with E-state index >= 15 is 0 Å². The molecule has 1 aliphatic rings. The van der Waals surface area contributed by atoms with Crippen LogP contribution in [-0.4, -0.2) is 30.3 Å². The molecular weight excluding hydrogens is 254 g/mol. The Morgan fingerprint density at radius 2 is 2.20 bits per heavy atom. The van der Waals surface area contributed by atoms with Crippen molar-refractivity contribution in [2.45, 2.75) is 19.3 Å². The highest BCUT2D eigenvalue weighted by molar-refractivity contribution is 5.35. The molecule has 0 bridgehead atoms. The maximum atomic E-state index is 5.40. The quantitative estimate of drug-likeness (QED) is 0.902. The maximum Gasteiger partial charge on any atom is 0.229 e. The zero-order valence-corrected chi connectivity index (χ0v) is 11.8. The number of nitrogens with one attached hydrogen (secondary N) is 1. The van der Waals surface area contributed by atoms with Crippen molar-refractivity contribution in [1.29, 1.82) is 0 Å². The summed E-state index contributed by atoms with van der Waals surface area (Å²) < 4.78 is 10.7. The number of rotatable bonds is 5. The first kappa shape index (κ1) is 13.1. The molecule has 106 valence electrons. The van der Waals surface area contributed by atoms with E-state index in [1.165, 1.54) is 0 Å². The Morgan fingerprint density at radius 1 is 1.40 bits per heavy atom. The summed E-state index contributed by atoms with van der Waals surface area (Å²) in [4.78, 5) is 4.52. The van der Waals surface area contributed by atoms with Crippen molar-refractivity contribution >= 4 is 0 Å². The highest BCUT2D eigenvalue weighted by atomic mass is 16.5. The summed E-state index contributed by atoms with van der Waals surface area (Å²) in [5.74, 6) is 3.23. The lowest BCUT2D eigenvalue weighted by Gasteiger charge is -2.30. The average molecular weight is 273 g/mol. The van der Waals surface area contributed by atoms with E-state index in [4.69, 9.17) is 9.26 Å². The van der Waals surface area contributed by atoms with E-state index in [9.17, 15) is 0 Å². The highest BCUT2D eigenvalue weighted by Gasteiger charge is 2.28. The van der Waals surface area contributed by atoms with Crippen LogP contribution in [0.25, 0.3) is 0 Å². The fourth-order valence-corrected chi connectivity index (χ4v) is 2.41. The van der Waals surface area contributed by atoms with Crippen LogP contribution in [0, 0.1) is 5.92 Å². The standard InChI is InChI=1S/C15H19N3O2/c1-10(12-8-16-9-12)15-17-14(18-20-15)7-11-5-3-4-6-13(11)19-2/h3-6,10,12,16H,7-9H2,1-2H3. The lowest BCUT2D eigenvalue weighted by atomic mass is 9.89. The van der Waals surface area contributed by atoms with Crippen molar-refractivity contribution < 1.29 is 9.26 Å². The van der Waals surface area contributed by atoms with E-state index in [0.717, 1.165) is 30.3 Å². The molecule has 1 aromatic heterocycles. The largest absolute Gasteiger partial charge is 0.496 e. The van der Waals surface area contributed by atoms with E-state index in [1.807, 2.05) is 24.3 Å². The summed E-state index contributed by atoms with van der Waals surface area (Å²) in [5.41, 5.74) is 1.07. The highest BCUT2D eigenvalue weighted by Crippen LogP contribution is 2.26. The molecule has 1 N–H and O–H groups in total. The molecule has 0 spiro atoms. The fraction of sp³-hybridized carbons (Fsp3) is 0.467. The Balaban J connectivity index is 1.73. The summed E-state index contributed by atoms with van der Waals surface area (Å²) in [6.07, 6.45) is 0.628. The third kappa shape index (κ3) is 2.54. The van der Waals surface area contributed by atoms with Gasteiger partial charge in [-0.1, -0.05) is 30.3 Å². The van der Waals surface area contributed by atoms with Crippen LogP contribution in [0.15, 0.2) is 28.8 Å². The molecule has 2 aromatic rings. The van der Waals surface area contributed by atoms with Crippen LogP contribution in [-0.2, 0) is 6.42 Å². The van der Waals surface area contributed by atoms with Crippen LogP contribution >= 0.6 is 0 Å². The van der Waals surface area contributed by atoms with Crippen LogP contribution in [0.3, 0.4) is 0 Å². The first-order chi connectivity index (χ1) is 9.78. The zero-order valence-electron chi connectivity index (χ0n) is 11.8. The van der Waals surface area contributed by atoms with Gasteiger partial charge in [-0.15, -0.1) is 0 Å². The predicted molar refractivity (Wildman–Crippen MR) is 74.9 cm³/mol. The molecule has 0 aliphatic carbocycles. The van der Waals surface area contributed by atoms with Gasteiger partial charge < -0.3 is 14.6 Å². The van der Waals surface area contributed by atoms with Crippen molar-refractivity contribution in [2.24, 2.45) is 5.92 Å². The van der Waals surface area contributed by atoms with Crippen LogP contribution in [0.5, 0.6) is 5.75 Å². The van der Waals surface area contributed by atoms with Crippen LogP contribution in [0.4, 0.5) is 0 Å². The second-order valence-corrected chi connectivity index (χ2v) is 5.24. The van der Waals surface area contributed by atoms with Gasteiger partial charge in [0, 0.05) is 17.9 Å². The van der Waals surface area contributed by atoms with Gasteiger partial charge in [0.2, 0.25) is 5.89 Å². The molecule has 1 fully saturated rings. The number of aromatic nitrogens is 2. The number of methoxy groups -OCH3 is 1. The van der Waals surface area contributed by atoms with Crippen molar-refractivity contribution in [2.75, 3.05) is 20.2 Å². The molecular formula is C15H19N3O2. The second kappa shape index (κ2) is 5.63. The van der Waals surface area contributed by atoms with Crippen molar-refractivity contribution in [3.8, 4) is 5.75 Å². The van der Waals surface area contributed by atoms with E-state index in [2.05, 4.69) is 22.4 Å². The Bertz CT molecular complexity index is 578. The SMILES string of the molecule is COc1ccccc1Cc1noc(C(C)C2CNC2)n1. The monoisotopic (exact) mass is 273 g/mol. The molecule has 5 heteroatoms. The number of ether oxygens (including phenoxy) is 1. The normalized spacial score (nSPS) is 16.7. The first-order valence-corrected chi connectivity index (χ1v) is 6.93. The van der Waals surface area contributed by atoms with Gasteiger partial charge in [0.1, 0.15) is 5.75 Å². The molecule has 3 rings (SSSR count). The minimum atomic E-state index is 0.315.